The Kier molecular flexibility index (Phi) is 6.82. The van der Waals surface area contributed by atoms with Crippen molar-refractivity contribution in [2.45, 2.75) is 44.1 Å². The van der Waals surface area contributed by atoms with Crippen molar-refractivity contribution >= 4 is 28.1 Å². The van der Waals surface area contributed by atoms with E-state index in [4.69, 9.17) is 5.11 Å². The number of carbonyl (C=O) groups excluding carboxylic acids is 1. The first-order chi connectivity index (χ1) is 13.1. The molecule has 1 aliphatic rings. The average molecular weight is 390 g/mol. The van der Waals surface area contributed by atoms with Crippen LogP contribution in [-0.2, 0) is 4.79 Å². The standard InChI is InChI=1S/C20H27N3O3S/c1-21-15-8-6-14(7-9-15)16(10-13-4-2-3-5-13)19(26)23-20-22-17(12-27-20)18(25)11-24/h6-9,12-13,16,18,21,24-25H,2-5,10-11H2,1H3,(H,22,23,26). The highest BCUT2D eigenvalue weighted by Crippen LogP contribution is 2.35. The van der Waals surface area contributed by atoms with Crippen LogP contribution < -0.4 is 10.6 Å². The van der Waals surface area contributed by atoms with E-state index in [1.807, 2.05) is 31.3 Å². The number of hydrogen-bond acceptors (Lipinski definition) is 6. The van der Waals surface area contributed by atoms with Gasteiger partial charge in [0.05, 0.1) is 18.2 Å². The summed E-state index contributed by atoms with van der Waals surface area (Å²) in [4.78, 5) is 17.3. The molecule has 0 radical (unpaired) electrons. The molecular formula is C20H27N3O3S. The number of benzene rings is 1. The molecule has 1 aromatic carbocycles. The lowest BCUT2D eigenvalue weighted by Crippen LogP contribution is -2.23. The fourth-order valence-electron chi connectivity index (χ4n) is 3.64. The van der Waals surface area contributed by atoms with Gasteiger partial charge in [0.1, 0.15) is 6.10 Å². The fraction of sp³-hybridized carbons (Fsp3) is 0.500. The molecule has 0 aliphatic heterocycles. The van der Waals surface area contributed by atoms with Gasteiger partial charge in [-0.25, -0.2) is 4.98 Å². The Labute approximate surface area is 163 Å². The molecule has 0 saturated heterocycles. The summed E-state index contributed by atoms with van der Waals surface area (Å²) in [6.07, 6.45) is 4.67. The monoisotopic (exact) mass is 389 g/mol. The van der Waals surface area contributed by atoms with Crippen molar-refractivity contribution in [2.75, 3.05) is 24.3 Å². The normalized spacial score (nSPS) is 16.9. The van der Waals surface area contributed by atoms with E-state index in [0.29, 0.717) is 16.7 Å². The molecule has 4 N–H and O–H groups in total. The first kappa shape index (κ1) is 19.8. The summed E-state index contributed by atoms with van der Waals surface area (Å²) >= 11 is 1.26. The second-order valence-electron chi connectivity index (χ2n) is 7.08. The summed E-state index contributed by atoms with van der Waals surface area (Å²) < 4.78 is 0. The van der Waals surface area contributed by atoms with Crippen molar-refractivity contribution in [3.63, 3.8) is 0 Å². The first-order valence-corrected chi connectivity index (χ1v) is 10.3. The number of carbonyl (C=O) groups is 1. The Hall–Kier alpha value is -1.96. The summed E-state index contributed by atoms with van der Waals surface area (Å²) in [7, 11) is 1.87. The molecule has 1 amide bonds. The van der Waals surface area contributed by atoms with Crippen molar-refractivity contribution in [2.24, 2.45) is 5.92 Å². The minimum Gasteiger partial charge on any atom is -0.393 e. The van der Waals surface area contributed by atoms with Crippen LogP contribution >= 0.6 is 11.3 Å². The smallest absolute Gasteiger partial charge is 0.233 e. The summed E-state index contributed by atoms with van der Waals surface area (Å²) in [6.45, 7) is -0.390. The summed E-state index contributed by atoms with van der Waals surface area (Å²) in [5.74, 6) is 0.278. The highest BCUT2D eigenvalue weighted by Gasteiger charge is 2.27. The lowest BCUT2D eigenvalue weighted by Gasteiger charge is -2.20. The minimum absolute atomic E-state index is 0.0708. The van der Waals surface area contributed by atoms with Crippen LogP contribution in [-0.4, -0.2) is 34.8 Å². The van der Waals surface area contributed by atoms with Crippen LogP contribution in [0, 0.1) is 5.92 Å². The zero-order valence-corrected chi connectivity index (χ0v) is 16.3. The number of nitrogens with one attached hydrogen (secondary N) is 2. The molecule has 0 spiro atoms. The molecule has 6 nitrogen and oxygen atoms in total. The molecule has 2 atom stereocenters. The van der Waals surface area contributed by atoms with Gasteiger partial charge < -0.3 is 20.8 Å². The van der Waals surface area contributed by atoms with Crippen molar-refractivity contribution in [3.05, 3.63) is 40.9 Å². The van der Waals surface area contributed by atoms with E-state index in [2.05, 4.69) is 15.6 Å². The molecular weight excluding hydrogens is 362 g/mol. The molecule has 3 rings (SSSR count). The van der Waals surface area contributed by atoms with Crippen molar-refractivity contribution in [1.29, 1.82) is 0 Å². The zero-order valence-electron chi connectivity index (χ0n) is 15.5. The van der Waals surface area contributed by atoms with Crippen molar-refractivity contribution in [1.82, 2.24) is 4.98 Å². The van der Waals surface area contributed by atoms with Gasteiger partial charge in [-0.15, -0.1) is 11.3 Å². The quantitative estimate of drug-likeness (QED) is 0.554. The fourth-order valence-corrected chi connectivity index (χ4v) is 4.40. The Bertz CT molecular complexity index is 741. The highest BCUT2D eigenvalue weighted by atomic mass is 32.1. The van der Waals surface area contributed by atoms with Crippen LogP contribution in [0.5, 0.6) is 0 Å². The van der Waals surface area contributed by atoms with E-state index in [-0.39, 0.29) is 18.4 Å². The number of anilines is 2. The topological polar surface area (TPSA) is 94.5 Å². The molecule has 2 unspecified atom stereocenters. The summed E-state index contributed by atoms with van der Waals surface area (Å²) in [5, 5.41) is 26.8. The van der Waals surface area contributed by atoms with E-state index in [1.165, 1.54) is 37.0 Å². The number of aliphatic hydroxyl groups excluding tert-OH is 2. The van der Waals surface area contributed by atoms with Crippen LogP contribution in [0.1, 0.15) is 55.4 Å². The predicted octanol–water partition coefficient (Wildman–Crippen LogP) is 3.51. The number of rotatable bonds is 8. The molecule has 1 fully saturated rings. The molecule has 146 valence electrons. The van der Waals surface area contributed by atoms with Gasteiger partial charge >= 0.3 is 0 Å². The maximum Gasteiger partial charge on any atom is 0.233 e. The van der Waals surface area contributed by atoms with Gasteiger partial charge in [0.25, 0.3) is 0 Å². The third-order valence-corrected chi connectivity index (χ3v) is 6.00. The van der Waals surface area contributed by atoms with Crippen LogP contribution in [0.15, 0.2) is 29.6 Å². The first-order valence-electron chi connectivity index (χ1n) is 9.43. The van der Waals surface area contributed by atoms with E-state index >= 15 is 0 Å². The molecule has 27 heavy (non-hydrogen) atoms. The number of nitrogens with zero attached hydrogens (tertiary/aromatic N) is 1. The van der Waals surface area contributed by atoms with Gasteiger partial charge in [-0.1, -0.05) is 37.8 Å². The molecule has 1 aliphatic carbocycles. The predicted molar refractivity (Wildman–Crippen MR) is 108 cm³/mol. The number of thiazole rings is 1. The molecule has 7 heteroatoms. The Morgan fingerprint density at radius 2 is 2.00 bits per heavy atom. The lowest BCUT2D eigenvalue weighted by atomic mass is 9.87. The van der Waals surface area contributed by atoms with Gasteiger partial charge in [0, 0.05) is 18.1 Å². The zero-order chi connectivity index (χ0) is 19.2. The van der Waals surface area contributed by atoms with Gasteiger partial charge in [-0.05, 0) is 30.0 Å². The second kappa shape index (κ2) is 9.30. The molecule has 1 aromatic heterocycles. The Morgan fingerprint density at radius 1 is 1.30 bits per heavy atom. The largest absolute Gasteiger partial charge is 0.393 e. The maximum absolute atomic E-state index is 13.0. The Morgan fingerprint density at radius 3 is 2.63 bits per heavy atom. The van der Waals surface area contributed by atoms with Gasteiger partial charge in [0.15, 0.2) is 5.13 Å². The summed E-state index contributed by atoms with van der Waals surface area (Å²) in [6, 6.07) is 7.99. The third kappa shape index (κ3) is 5.06. The molecule has 1 saturated carbocycles. The highest BCUT2D eigenvalue weighted by molar-refractivity contribution is 7.13. The van der Waals surface area contributed by atoms with E-state index in [1.54, 1.807) is 5.38 Å². The van der Waals surface area contributed by atoms with Gasteiger partial charge in [0.2, 0.25) is 5.91 Å². The van der Waals surface area contributed by atoms with Gasteiger partial charge in [-0.3, -0.25) is 4.79 Å². The van der Waals surface area contributed by atoms with Crippen LogP contribution in [0.2, 0.25) is 0 Å². The van der Waals surface area contributed by atoms with Crippen molar-refractivity contribution in [3.8, 4) is 0 Å². The molecule has 2 aromatic rings. The second-order valence-corrected chi connectivity index (χ2v) is 7.93. The maximum atomic E-state index is 13.0. The van der Waals surface area contributed by atoms with Crippen LogP contribution in [0.3, 0.4) is 0 Å². The number of aromatic nitrogens is 1. The van der Waals surface area contributed by atoms with Crippen molar-refractivity contribution < 1.29 is 15.0 Å². The average Bonchev–Trinajstić information content (AvgIpc) is 3.37. The SMILES string of the molecule is CNc1ccc(C(CC2CCCC2)C(=O)Nc2nc(C(O)CO)cs2)cc1. The minimum atomic E-state index is -1.02. The van der Waals surface area contributed by atoms with Crippen LogP contribution in [0.25, 0.3) is 0 Å². The number of hydrogen-bond donors (Lipinski definition) is 4. The summed E-state index contributed by atoms with van der Waals surface area (Å²) in [5.41, 5.74) is 2.40. The van der Waals surface area contributed by atoms with Gasteiger partial charge in [-0.2, -0.15) is 0 Å². The number of amides is 1. The lowest BCUT2D eigenvalue weighted by molar-refractivity contribution is -0.118. The molecule has 1 heterocycles. The van der Waals surface area contributed by atoms with E-state index in [9.17, 15) is 9.90 Å². The molecule has 0 bridgehead atoms. The van der Waals surface area contributed by atoms with E-state index in [0.717, 1.165) is 17.7 Å². The Balaban J connectivity index is 1.75. The third-order valence-electron chi connectivity index (χ3n) is 5.23. The number of aliphatic hydroxyl groups is 2. The van der Waals surface area contributed by atoms with Crippen LogP contribution in [0.4, 0.5) is 10.8 Å². The van der Waals surface area contributed by atoms with E-state index < -0.39 is 6.10 Å².